The van der Waals surface area contributed by atoms with Gasteiger partial charge in [-0.1, -0.05) is 6.08 Å². The number of fused-ring (bicyclic) bond motifs is 1. The Morgan fingerprint density at radius 2 is 2.17 bits per heavy atom. The van der Waals surface area contributed by atoms with E-state index in [4.69, 9.17) is 4.74 Å². The van der Waals surface area contributed by atoms with Crippen LogP contribution in [0.4, 0.5) is 13.6 Å². The summed E-state index contributed by atoms with van der Waals surface area (Å²) in [5.74, 6) is -1.82. The maximum absolute atomic E-state index is 13.9. The van der Waals surface area contributed by atoms with Gasteiger partial charge in [0, 0.05) is 22.6 Å². The molecular weight excluding hydrogens is 382 g/mol. The molecule has 2 rings (SSSR count). The second-order valence-corrected chi connectivity index (χ2v) is 7.23. The predicted molar refractivity (Wildman–Crippen MR) is 92.9 cm³/mol. The first kappa shape index (κ1) is 18.4. The fourth-order valence-corrected chi connectivity index (χ4v) is 2.93. The number of ether oxygens (including phenoxy) is 1. The van der Waals surface area contributed by atoms with Crippen molar-refractivity contribution in [2.75, 3.05) is 0 Å². The van der Waals surface area contributed by atoms with Crippen LogP contribution in [0.2, 0.25) is 0 Å². The molecule has 1 heterocycles. The van der Waals surface area contributed by atoms with Gasteiger partial charge in [0.25, 0.3) is 0 Å². The number of halogens is 3. The Morgan fingerprint density at radius 3 is 2.75 bits per heavy atom. The van der Waals surface area contributed by atoms with E-state index in [-0.39, 0.29) is 5.39 Å². The fourth-order valence-electron chi connectivity index (χ4n) is 2.29. The van der Waals surface area contributed by atoms with Crippen LogP contribution in [0.25, 0.3) is 10.9 Å². The molecule has 0 spiro atoms. The normalized spacial score (nSPS) is 12.9. The Bertz CT molecular complexity index is 781. The second kappa shape index (κ2) is 6.93. The van der Waals surface area contributed by atoms with Crippen molar-refractivity contribution in [2.45, 2.75) is 39.0 Å². The van der Waals surface area contributed by atoms with E-state index in [1.54, 1.807) is 37.6 Å². The number of carbonyl (C=O) groups excluding carboxylic acids is 1. The monoisotopic (exact) mass is 400 g/mol. The number of rotatable bonds is 4. The largest absolute Gasteiger partial charge is 0.444 e. The maximum Gasteiger partial charge on any atom is 0.408 e. The van der Waals surface area contributed by atoms with Crippen molar-refractivity contribution in [2.24, 2.45) is 0 Å². The molecular formula is C17H19BrF2N2O2. The number of alkyl carbamates (subject to hydrolysis) is 1. The van der Waals surface area contributed by atoms with Crippen molar-refractivity contribution < 1.29 is 18.3 Å². The molecule has 0 radical (unpaired) electrons. The van der Waals surface area contributed by atoms with E-state index in [1.165, 1.54) is 6.07 Å². The molecule has 0 aliphatic rings. The highest BCUT2D eigenvalue weighted by Gasteiger charge is 2.20. The number of nitrogens with zero attached hydrogens (tertiary/aromatic N) is 1. The minimum absolute atomic E-state index is 0.168. The van der Waals surface area contributed by atoms with Crippen LogP contribution in [0.3, 0.4) is 0 Å². The van der Waals surface area contributed by atoms with Crippen LogP contribution >= 0.6 is 15.9 Å². The molecule has 0 saturated heterocycles. The molecule has 0 saturated carbocycles. The van der Waals surface area contributed by atoms with Crippen LogP contribution in [0.15, 0.2) is 35.5 Å². The number of amides is 1. The van der Waals surface area contributed by atoms with Crippen LogP contribution in [0.5, 0.6) is 0 Å². The van der Waals surface area contributed by atoms with Gasteiger partial charge < -0.3 is 14.6 Å². The number of hydrogen-bond acceptors (Lipinski definition) is 2. The van der Waals surface area contributed by atoms with Crippen molar-refractivity contribution in [1.82, 2.24) is 9.88 Å². The van der Waals surface area contributed by atoms with Gasteiger partial charge in [0.2, 0.25) is 0 Å². The van der Waals surface area contributed by atoms with Crippen molar-refractivity contribution >= 4 is 32.9 Å². The number of benzene rings is 1. The van der Waals surface area contributed by atoms with E-state index >= 15 is 0 Å². The average molecular weight is 401 g/mol. The highest BCUT2D eigenvalue weighted by Crippen LogP contribution is 2.29. The summed E-state index contributed by atoms with van der Waals surface area (Å²) in [4.78, 5) is 11.9. The summed E-state index contributed by atoms with van der Waals surface area (Å²) in [5.41, 5.74) is -0.105. The number of nitrogens with one attached hydrogen (secondary N) is 1. The Balaban J connectivity index is 2.23. The summed E-state index contributed by atoms with van der Waals surface area (Å²) < 4.78 is 34.7. The van der Waals surface area contributed by atoms with Crippen LogP contribution in [-0.4, -0.2) is 22.3 Å². The van der Waals surface area contributed by atoms with E-state index in [0.29, 0.717) is 16.5 Å². The standard InChI is InChI=1S/C17H19BrF2N2O2/c1-5-10(21-16(23)24-17(2,3)4)9-22-7-6-11-14(20)13(19)8-12(18)15(11)22/h5-8,10H,1,9H2,2-4H3,(H,21,23)/t10-/m0/s1. The van der Waals surface area contributed by atoms with Crippen LogP contribution in [-0.2, 0) is 11.3 Å². The smallest absolute Gasteiger partial charge is 0.408 e. The summed E-state index contributed by atoms with van der Waals surface area (Å²) >= 11 is 3.25. The molecule has 1 aromatic heterocycles. The summed E-state index contributed by atoms with van der Waals surface area (Å²) in [6.45, 7) is 9.30. The molecule has 1 N–H and O–H groups in total. The zero-order valence-corrected chi connectivity index (χ0v) is 15.3. The first-order valence-electron chi connectivity index (χ1n) is 7.37. The SMILES string of the molecule is C=C[C@@H](Cn1ccc2c(F)c(F)cc(Br)c21)NC(=O)OC(C)(C)C. The zero-order valence-electron chi connectivity index (χ0n) is 13.7. The first-order chi connectivity index (χ1) is 11.1. The zero-order chi connectivity index (χ0) is 18.1. The third-order valence-electron chi connectivity index (χ3n) is 3.27. The Kier molecular flexibility index (Phi) is 5.32. The van der Waals surface area contributed by atoms with E-state index in [0.717, 1.165) is 6.07 Å². The number of hydrogen-bond donors (Lipinski definition) is 1. The summed E-state index contributed by atoms with van der Waals surface area (Å²) in [7, 11) is 0. The lowest BCUT2D eigenvalue weighted by atomic mass is 10.2. The molecule has 1 aromatic carbocycles. The minimum Gasteiger partial charge on any atom is -0.444 e. The van der Waals surface area contributed by atoms with Crippen LogP contribution in [0, 0.1) is 11.6 Å². The molecule has 0 bridgehead atoms. The number of aromatic nitrogens is 1. The quantitative estimate of drug-likeness (QED) is 0.593. The average Bonchev–Trinajstić information content (AvgIpc) is 2.86. The minimum atomic E-state index is -0.917. The number of carbonyl (C=O) groups is 1. The molecule has 1 atom stereocenters. The molecule has 0 aliphatic carbocycles. The van der Waals surface area contributed by atoms with Gasteiger partial charge in [0.15, 0.2) is 11.6 Å². The van der Waals surface area contributed by atoms with Gasteiger partial charge >= 0.3 is 6.09 Å². The van der Waals surface area contributed by atoms with Gasteiger partial charge in [0.05, 0.1) is 11.6 Å². The van der Waals surface area contributed by atoms with Gasteiger partial charge in [-0.15, -0.1) is 6.58 Å². The van der Waals surface area contributed by atoms with Gasteiger partial charge in [-0.3, -0.25) is 0 Å². The Labute approximate surface area is 147 Å². The molecule has 130 valence electrons. The van der Waals surface area contributed by atoms with Gasteiger partial charge in [-0.2, -0.15) is 0 Å². The predicted octanol–water partition coefficient (Wildman–Crippen LogP) is 4.76. The first-order valence-corrected chi connectivity index (χ1v) is 8.16. The molecule has 0 aliphatic heterocycles. The molecule has 7 heteroatoms. The van der Waals surface area contributed by atoms with E-state index < -0.39 is 29.4 Å². The third-order valence-corrected chi connectivity index (χ3v) is 3.87. The van der Waals surface area contributed by atoms with E-state index in [2.05, 4.69) is 27.8 Å². The summed E-state index contributed by atoms with van der Waals surface area (Å²) in [6, 6.07) is 2.14. The van der Waals surface area contributed by atoms with Crippen molar-refractivity contribution in [3.63, 3.8) is 0 Å². The van der Waals surface area contributed by atoms with Crippen LogP contribution < -0.4 is 5.32 Å². The summed E-state index contributed by atoms with van der Waals surface area (Å²) in [6.07, 6.45) is 2.62. The van der Waals surface area contributed by atoms with Gasteiger partial charge in [-0.05, 0) is 48.8 Å². The highest BCUT2D eigenvalue weighted by atomic mass is 79.9. The lowest BCUT2D eigenvalue weighted by Crippen LogP contribution is -2.40. The van der Waals surface area contributed by atoms with Crippen molar-refractivity contribution in [1.29, 1.82) is 0 Å². The van der Waals surface area contributed by atoms with Crippen molar-refractivity contribution in [3.8, 4) is 0 Å². The second-order valence-electron chi connectivity index (χ2n) is 6.37. The molecule has 24 heavy (non-hydrogen) atoms. The fraction of sp³-hybridized carbons (Fsp3) is 0.353. The molecule has 0 unspecified atom stereocenters. The third kappa shape index (κ3) is 4.14. The molecule has 0 fully saturated rings. The van der Waals surface area contributed by atoms with E-state index in [1.807, 2.05) is 0 Å². The molecule has 4 nitrogen and oxygen atoms in total. The summed E-state index contributed by atoms with van der Waals surface area (Å²) in [5, 5.41) is 2.86. The van der Waals surface area contributed by atoms with Gasteiger partial charge in [-0.25, -0.2) is 13.6 Å². The molecule has 2 aromatic rings. The molecule has 1 amide bonds. The van der Waals surface area contributed by atoms with E-state index in [9.17, 15) is 13.6 Å². The maximum atomic E-state index is 13.9. The lowest BCUT2D eigenvalue weighted by molar-refractivity contribution is 0.0511. The highest BCUT2D eigenvalue weighted by molar-refractivity contribution is 9.10. The van der Waals surface area contributed by atoms with Crippen LogP contribution in [0.1, 0.15) is 20.8 Å². The Hall–Kier alpha value is -1.89. The van der Waals surface area contributed by atoms with Gasteiger partial charge in [0.1, 0.15) is 5.60 Å². The lowest BCUT2D eigenvalue weighted by Gasteiger charge is -2.22. The van der Waals surface area contributed by atoms with Crippen molar-refractivity contribution in [3.05, 3.63) is 47.1 Å². The Morgan fingerprint density at radius 1 is 1.50 bits per heavy atom. The topological polar surface area (TPSA) is 43.3 Å².